The zero-order valence-corrected chi connectivity index (χ0v) is 10.4. The largest absolute Gasteiger partial charge is 0.399 e. The summed E-state index contributed by atoms with van der Waals surface area (Å²) in [6, 6.07) is 5.65. The van der Waals surface area contributed by atoms with Crippen LogP contribution in [0.25, 0.3) is 0 Å². The molecule has 0 aliphatic carbocycles. The van der Waals surface area contributed by atoms with Crippen LogP contribution in [0.5, 0.6) is 0 Å². The van der Waals surface area contributed by atoms with Gasteiger partial charge in [-0.2, -0.15) is 0 Å². The Morgan fingerprint density at radius 3 is 2.50 bits per heavy atom. The molecule has 0 unspecified atom stereocenters. The Bertz CT molecular complexity index is 373. The summed E-state index contributed by atoms with van der Waals surface area (Å²) in [6.07, 6.45) is 0.467. The lowest BCUT2D eigenvalue weighted by molar-refractivity contribution is -0.00520. The molecule has 0 aromatic heterocycles. The van der Waals surface area contributed by atoms with Crippen LogP contribution in [0.2, 0.25) is 5.02 Å². The Morgan fingerprint density at radius 2 is 1.94 bits per heavy atom. The topological polar surface area (TPSA) is 38.5 Å². The van der Waals surface area contributed by atoms with E-state index in [-0.39, 0.29) is 12.2 Å². The molecule has 1 aliphatic rings. The van der Waals surface area contributed by atoms with Crippen molar-refractivity contribution in [2.24, 2.45) is 0 Å². The molecule has 1 saturated heterocycles. The first-order chi connectivity index (χ1) is 7.56. The quantitative estimate of drug-likeness (QED) is 0.767. The summed E-state index contributed by atoms with van der Waals surface area (Å²) in [6.45, 7) is 5.89. The summed E-state index contributed by atoms with van der Waals surface area (Å²) >= 11 is 6.20. The van der Waals surface area contributed by atoms with Crippen molar-refractivity contribution in [3.8, 4) is 0 Å². The maximum Gasteiger partial charge on any atom is 0.0726 e. The Hall–Kier alpha value is -0.930. The SMILES string of the molecule is C[C@H]1CN(c2ccc(N)cc2Cl)C[C@H](C)O1. The van der Waals surface area contributed by atoms with Gasteiger partial charge in [-0.3, -0.25) is 0 Å². The summed E-state index contributed by atoms with van der Waals surface area (Å²) in [7, 11) is 0. The van der Waals surface area contributed by atoms with Crippen LogP contribution in [0.4, 0.5) is 11.4 Å². The fourth-order valence-corrected chi connectivity index (χ4v) is 2.46. The average molecular weight is 241 g/mol. The van der Waals surface area contributed by atoms with Gasteiger partial charge < -0.3 is 15.4 Å². The molecule has 1 aromatic carbocycles. The first-order valence-corrected chi connectivity index (χ1v) is 5.89. The molecule has 1 aromatic rings. The van der Waals surface area contributed by atoms with Crippen LogP contribution >= 0.6 is 11.6 Å². The normalized spacial score (nSPS) is 25.8. The van der Waals surface area contributed by atoms with Crippen molar-refractivity contribution in [1.82, 2.24) is 0 Å². The van der Waals surface area contributed by atoms with E-state index in [4.69, 9.17) is 22.1 Å². The van der Waals surface area contributed by atoms with Gasteiger partial charge in [-0.1, -0.05) is 11.6 Å². The molecule has 0 saturated carbocycles. The first-order valence-electron chi connectivity index (χ1n) is 5.51. The maximum absolute atomic E-state index is 6.20. The molecule has 0 bridgehead atoms. The van der Waals surface area contributed by atoms with Crippen LogP contribution in [0.1, 0.15) is 13.8 Å². The minimum Gasteiger partial charge on any atom is -0.399 e. The highest BCUT2D eigenvalue weighted by Crippen LogP contribution is 2.29. The number of hydrogen-bond acceptors (Lipinski definition) is 3. The van der Waals surface area contributed by atoms with Crippen molar-refractivity contribution in [3.05, 3.63) is 23.2 Å². The highest BCUT2D eigenvalue weighted by molar-refractivity contribution is 6.33. The van der Waals surface area contributed by atoms with E-state index in [0.717, 1.165) is 18.8 Å². The van der Waals surface area contributed by atoms with E-state index in [2.05, 4.69) is 18.7 Å². The predicted molar refractivity (Wildman–Crippen MR) is 68.1 cm³/mol. The number of anilines is 2. The minimum atomic E-state index is 0.234. The number of rotatable bonds is 1. The second-order valence-electron chi connectivity index (χ2n) is 4.37. The third-order valence-electron chi connectivity index (χ3n) is 2.73. The number of hydrogen-bond donors (Lipinski definition) is 1. The lowest BCUT2D eigenvalue weighted by Gasteiger charge is -2.37. The van der Waals surface area contributed by atoms with Crippen LogP contribution in [0.15, 0.2) is 18.2 Å². The average Bonchev–Trinajstić information content (AvgIpc) is 2.15. The van der Waals surface area contributed by atoms with Crippen LogP contribution < -0.4 is 10.6 Å². The Kier molecular flexibility index (Phi) is 3.26. The van der Waals surface area contributed by atoms with Crippen molar-refractivity contribution >= 4 is 23.0 Å². The van der Waals surface area contributed by atoms with Gasteiger partial charge in [-0.25, -0.2) is 0 Å². The van der Waals surface area contributed by atoms with Crippen molar-refractivity contribution in [1.29, 1.82) is 0 Å². The van der Waals surface area contributed by atoms with E-state index in [1.165, 1.54) is 0 Å². The van der Waals surface area contributed by atoms with Gasteiger partial charge in [0, 0.05) is 18.8 Å². The molecular formula is C12H17ClN2O. The van der Waals surface area contributed by atoms with E-state index in [1.54, 1.807) is 6.07 Å². The van der Waals surface area contributed by atoms with Gasteiger partial charge in [0.05, 0.1) is 22.9 Å². The zero-order chi connectivity index (χ0) is 11.7. The van der Waals surface area contributed by atoms with Gasteiger partial charge in [-0.15, -0.1) is 0 Å². The van der Waals surface area contributed by atoms with Gasteiger partial charge in [-0.05, 0) is 32.0 Å². The summed E-state index contributed by atoms with van der Waals surface area (Å²) < 4.78 is 5.69. The van der Waals surface area contributed by atoms with Gasteiger partial charge >= 0.3 is 0 Å². The van der Waals surface area contributed by atoms with Crippen LogP contribution in [0.3, 0.4) is 0 Å². The van der Waals surface area contributed by atoms with Crippen molar-refractivity contribution < 1.29 is 4.74 Å². The number of halogens is 1. The molecule has 16 heavy (non-hydrogen) atoms. The number of nitrogens with two attached hydrogens (primary N) is 1. The molecule has 0 amide bonds. The van der Waals surface area contributed by atoms with Gasteiger partial charge in [0.25, 0.3) is 0 Å². The molecule has 0 radical (unpaired) electrons. The molecule has 1 heterocycles. The van der Waals surface area contributed by atoms with Crippen molar-refractivity contribution in [2.45, 2.75) is 26.1 Å². The lowest BCUT2D eigenvalue weighted by atomic mass is 10.2. The highest BCUT2D eigenvalue weighted by atomic mass is 35.5. The Balaban J connectivity index is 2.23. The summed E-state index contributed by atoms with van der Waals surface area (Å²) in [5.74, 6) is 0. The second kappa shape index (κ2) is 4.52. The molecule has 3 nitrogen and oxygen atoms in total. The number of ether oxygens (including phenoxy) is 1. The van der Waals surface area contributed by atoms with Crippen molar-refractivity contribution in [3.63, 3.8) is 0 Å². The zero-order valence-electron chi connectivity index (χ0n) is 9.61. The van der Waals surface area contributed by atoms with E-state index < -0.39 is 0 Å². The van der Waals surface area contributed by atoms with Gasteiger partial charge in [0.1, 0.15) is 0 Å². The standard InChI is InChI=1S/C12H17ClN2O/c1-8-6-15(7-9(2)16-8)12-4-3-10(14)5-11(12)13/h3-5,8-9H,6-7,14H2,1-2H3/t8-,9-/m0/s1. The molecule has 2 rings (SSSR count). The van der Waals surface area contributed by atoms with E-state index >= 15 is 0 Å². The third kappa shape index (κ3) is 2.42. The molecule has 88 valence electrons. The molecule has 2 atom stereocenters. The Labute approximate surface area is 101 Å². The summed E-state index contributed by atoms with van der Waals surface area (Å²) in [5.41, 5.74) is 7.42. The van der Waals surface area contributed by atoms with Crippen LogP contribution in [-0.4, -0.2) is 25.3 Å². The van der Waals surface area contributed by atoms with E-state index in [0.29, 0.717) is 10.7 Å². The second-order valence-corrected chi connectivity index (χ2v) is 4.78. The molecule has 4 heteroatoms. The number of benzene rings is 1. The maximum atomic E-state index is 6.20. The number of nitrogen functional groups attached to an aromatic ring is 1. The van der Waals surface area contributed by atoms with Crippen LogP contribution in [0, 0.1) is 0 Å². The molecular weight excluding hydrogens is 224 g/mol. The van der Waals surface area contributed by atoms with Gasteiger partial charge in [0.2, 0.25) is 0 Å². The van der Waals surface area contributed by atoms with E-state index in [9.17, 15) is 0 Å². The third-order valence-corrected chi connectivity index (χ3v) is 3.03. The summed E-state index contributed by atoms with van der Waals surface area (Å²) in [5, 5.41) is 0.710. The van der Waals surface area contributed by atoms with Crippen molar-refractivity contribution in [2.75, 3.05) is 23.7 Å². The first kappa shape index (κ1) is 11.6. The minimum absolute atomic E-state index is 0.234. The monoisotopic (exact) mass is 240 g/mol. The molecule has 1 aliphatic heterocycles. The Morgan fingerprint density at radius 1 is 1.31 bits per heavy atom. The number of morpholine rings is 1. The molecule has 2 N–H and O–H groups in total. The molecule has 1 fully saturated rings. The number of nitrogens with zero attached hydrogens (tertiary/aromatic N) is 1. The van der Waals surface area contributed by atoms with Gasteiger partial charge in [0.15, 0.2) is 0 Å². The summed E-state index contributed by atoms with van der Waals surface area (Å²) in [4.78, 5) is 2.25. The fourth-order valence-electron chi connectivity index (χ4n) is 2.15. The smallest absolute Gasteiger partial charge is 0.0726 e. The molecule has 0 spiro atoms. The highest BCUT2D eigenvalue weighted by Gasteiger charge is 2.23. The predicted octanol–water partition coefficient (Wildman–Crippen LogP) is 2.54. The fraction of sp³-hybridized carbons (Fsp3) is 0.500. The van der Waals surface area contributed by atoms with Crippen LogP contribution in [-0.2, 0) is 4.74 Å². The van der Waals surface area contributed by atoms with E-state index in [1.807, 2.05) is 12.1 Å². The lowest BCUT2D eigenvalue weighted by Crippen LogP contribution is -2.45.